The second kappa shape index (κ2) is 7.23. The highest BCUT2D eigenvalue weighted by Crippen LogP contribution is 2.28. The zero-order valence-electron chi connectivity index (χ0n) is 15.3. The molecular formula is C20H21FN4O3. The van der Waals surface area contributed by atoms with Gasteiger partial charge in [-0.25, -0.2) is 4.39 Å². The predicted molar refractivity (Wildman–Crippen MR) is 96.0 cm³/mol. The van der Waals surface area contributed by atoms with E-state index >= 15 is 0 Å². The molecule has 1 N–H and O–H groups in total. The van der Waals surface area contributed by atoms with Crippen molar-refractivity contribution in [2.24, 2.45) is 5.92 Å². The lowest BCUT2D eigenvalue weighted by Gasteiger charge is -2.22. The van der Waals surface area contributed by atoms with Crippen molar-refractivity contribution in [3.8, 4) is 6.07 Å². The minimum Gasteiger partial charge on any atom is -0.344 e. The van der Waals surface area contributed by atoms with E-state index in [2.05, 4.69) is 5.32 Å². The van der Waals surface area contributed by atoms with E-state index in [0.29, 0.717) is 13.1 Å². The van der Waals surface area contributed by atoms with E-state index in [9.17, 15) is 18.8 Å². The van der Waals surface area contributed by atoms with E-state index in [-0.39, 0.29) is 37.6 Å². The molecule has 3 aliphatic heterocycles. The average molecular weight is 384 g/mol. The van der Waals surface area contributed by atoms with Crippen LogP contribution in [-0.4, -0.2) is 52.3 Å². The highest BCUT2D eigenvalue weighted by molar-refractivity contribution is 5.94. The zero-order valence-corrected chi connectivity index (χ0v) is 15.3. The van der Waals surface area contributed by atoms with Gasteiger partial charge in [-0.15, -0.1) is 0 Å². The first-order chi connectivity index (χ1) is 13.5. The van der Waals surface area contributed by atoms with Gasteiger partial charge >= 0.3 is 0 Å². The number of likely N-dealkylation sites (tertiary alicyclic amines) is 1. The number of carbonyl (C=O) groups excluding carboxylic acids is 3. The number of hydrogen-bond acceptors (Lipinski definition) is 4. The van der Waals surface area contributed by atoms with Crippen molar-refractivity contribution in [2.75, 3.05) is 6.54 Å². The molecule has 28 heavy (non-hydrogen) atoms. The van der Waals surface area contributed by atoms with E-state index in [0.717, 1.165) is 11.1 Å². The van der Waals surface area contributed by atoms with Gasteiger partial charge in [-0.2, -0.15) is 5.26 Å². The summed E-state index contributed by atoms with van der Waals surface area (Å²) in [4.78, 5) is 40.5. The molecule has 2 saturated heterocycles. The molecule has 3 heterocycles. The van der Waals surface area contributed by atoms with E-state index in [1.54, 1.807) is 4.90 Å². The first kappa shape index (κ1) is 18.4. The van der Waals surface area contributed by atoms with Crippen molar-refractivity contribution in [1.29, 1.82) is 5.26 Å². The summed E-state index contributed by atoms with van der Waals surface area (Å²) in [6, 6.07) is 8.17. The lowest BCUT2D eigenvalue weighted by molar-refractivity contribution is -0.135. The van der Waals surface area contributed by atoms with E-state index < -0.39 is 30.1 Å². The van der Waals surface area contributed by atoms with Gasteiger partial charge in [-0.1, -0.05) is 24.3 Å². The Kier molecular flexibility index (Phi) is 4.75. The maximum atomic E-state index is 13.6. The minimum absolute atomic E-state index is 0.000338. The van der Waals surface area contributed by atoms with Crippen molar-refractivity contribution in [3.63, 3.8) is 0 Å². The smallest absolute Gasteiger partial charge is 0.246 e. The minimum atomic E-state index is -1.22. The van der Waals surface area contributed by atoms with Crippen LogP contribution in [-0.2, 0) is 27.5 Å². The third-order valence-corrected chi connectivity index (χ3v) is 5.80. The fraction of sp³-hybridized carbons (Fsp3) is 0.500. The van der Waals surface area contributed by atoms with Crippen molar-refractivity contribution in [1.82, 2.24) is 15.1 Å². The Morgan fingerprint density at radius 1 is 1.21 bits per heavy atom. The summed E-state index contributed by atoms with van der Waals surface area (Å²) in [5.74, 6) is -1.49. The van der Waals surface area contributed by atoms with Crippen LogP contribution in [0, 0.1) is 17.2 Å². The summed E-state index contributed by atoms with van der Waals surface area (Å²) in [5, 5.41) is 11.7. The second-order valence-electron chi connectivity index (χ2n) is 7.68. The topological polar surface area (TPSA) is 93.5 Å². The molecule has 0 unspecified atom stereocenters. The Morgan fingerprint density at radius 3 is 2.54 bits per heavy atom. The molecule has 0 aliphatic carbocycles. The van der Waals surface area contributed by atoms with Crippen LogP contribution in [0.15, 0.2) is 24.3 Å². The van der Waals surface area contributed by atoms with Gasteiger partial charge in [-0.3, -0.25) is 14.4 Å². The van der Waals surface area contributed by atoms with Gasteiger partial charge in [0.05, 0.1) is 12.6 Å². The third-order valence-electron chi connectivity index (χ3n) is 5.80. The highest BCUT2D eigenvalue weighted by Gasteiger charge is 2.44. The number of amides is 3. The summed E-state index contributed by atoms with van der Waals surface area (Å²) in [5.41, 5.74) is 2.22. The number of hydrogen-bond donors (Lipinski definition) is 1. The molecule has 0 bridgehead atoms. The van der Waals surface area contributed by atoms with Gasteiger partial charge in [0.1, 0.15) is 18.3 Å². The number of alkyl halides is 1. The van der Waals surface area contributed by atoms with Crippen molar-refractivity contribution in [3.05, 3.63) is 35.4 Å². The molecule has 0 saturated carbocycles. The molecule has 8 heteroatoms. The van der Waals surface area contributed by atoms with Gasteiger partial charge < -0.3 is 15.1 Å². The van der Waals surface area contributed by atoms with E-state index in [4.69, 9.17) is 5.26 Å². The van der Waals surface area contributed by atoms with E-state index in [1.807, 2.05) is 30.3 Å². The molecule has 0 aromatic heterocycles. The Morgan fingerprint density at radius 2 is 1.89 bits per heavy atom. The molecule has 3 amide bonds. The van der Waals surface area contributed by atoms with Crippen LogP contribution in [0.1, 0.15) is 30.4 Å². The first-order valence-corrected chi connectivity index (χ1v) is 9.45. The number of nitrogens with one attached hydrogen (secondary N) is 1. The lowest BCUT2D eigenvalue weighted by Crippen LogP contribution is -2.46. The Labute approximate surface area is 162 Å². The largest absolute Gasteiger partial charge is 0.344 e. The highest BCUT2D eigenvalue weighted by atomic mass is 19.1. The Bertz CT molecular complexity index is 842. The van der Waals surface area contributed by atoms with Crippen molar-refractivity contribution < 1.29 is 18.8 Å². The fourth-order valence-electron chi connectivity index (χ4n) is 4.28. The number of nitrogens with zero attached hydrogens (tertiary/aromatic N) is 3. The van der Waals surface area contributed by atoms with Crippen LogP contribution < -0.4 is 5.32 Å². The van der Waals surface area contributed by atoms with Crippen LogP contribution in [0.4, 0.5) is 4.39 Å². The molecule has 146 valence electrons. The number of nitriles is 1. The summed E-state index contributed by atoms with van der Waals surface area (Å²) in [6.07, 6.45) is -0.993. The lowest BCUT2D eigenvalue weighted by atomic mass is 9.99. The monoisotopic (exact) mass is 384 g/mol. The maximum Gasteiger partial charge on any atom is 0.246 e. The Hall–Kier alpha value is -2.95. The molecule has 2 fully saturated rings. The van der Waals surface area contributed by atoms with Crippen molar-refractivity contribution in [2.45, 2.75) is 50.6 Å². The summed E-state index contributed by atoms with van der Waals surface area (Å²) >= 11 is 0. The Balaban J connectivity index is 1.36. The summed E-state index contributed by atoms with van der Waals surface area (Å²) < 4.78 is 13.6. The number of benzene rings is 1. The van der Waals surface area contributed by atoms with Crippen LogP contribution in [0.25, 0.3) is 0 Å². The molecule has 1 aromatic carbocycles. The molecule has 4 rings (SSSR count). The normalized spacial score (nSPS) is 28.8. The first-order valence-electron chi connectivity index (χ1n) is 9.45. The van der Waals surface area contributed by atoms with Gasteiger partial charge in [0.15, 0.2) is 0 Å². The fourth-order valence-corrected chi connectivity index (χ4v) is 4.28. The standard InChI is InChI=1S/C20H21FN4O3/c21-15-7-16(8-22)25(11-15)20(28)17-5-14(19(27)23-17)6-18(26)24-9-12-3-1-2-4-13(12)10-24/h1-4,14-17H,5-7,9-11H2,(H,23,27)/t14-,15-,16-,17-/m0/s1. The zero-order chi connectivity index (χ0) is 19.8. The molecule has 4 atom stereocenters. The molecular weight excluding hydrogens is 363 g/mol. The van der Waals surface area contributed by atoms with Crippen LogP contribution >= 0.6 is 0 Å². The number of rotatable bonds is 3. The van der Waals surface area contributed by atoms with Gasteiger partial charge in [0.2, 0.25) is 17.7 Å². The average Bonchev–Trinajstić information content (AvgIpc) is 3.37. The maximum absolute atomic E-state index is 13.6. The van der Waals surface area contributed by atoms with Gasteiger partial charge in [0, 0.05) is 31.8 Å². The quantitative estimate of drug-likeness (QED) is 0.837. The molecule has 7 nitrogen and oxygen atoms in total. The molecule has 0 spiro atoms. The summed E-state index contributed by atoms with van der Waals surface area (Å²) in [6.45, 7) is 0.932. The van der Waals surface area contributed by atoms with Gasteiger partial charge in [-0.05, 0) is 17.5 Å². The van der Waals surface area contributed by atoms with Crippen molar-refractivity contribution >= 4 is 17.7 Å². The molecule has 0 radical (unpaired) electrons. The second-order valence-corrected chi connectivity index (χ2v) is 7.68. The SMILES string of the molecule is N#C[C@@H]1C[C@H](F)CN1C(=O)[C@@H]1C[C@@H](CC(=O)N2Cc3ccccc3C2)C(=O)N1. The number of carbonyl (C=O) groups is 3. The van der Waals surface area contributed by atoms with Crippen LogP contribution in [0.3, 0.4) is 0 Å². The molecule has 3 aliphatic rings. The molecule has 1 aromatic rings. The number of halogens is 1. The van der Waals surface area contributed by atoms with Gasteiger partial charge in [0.25, 0.3) is 0 Å². The number of fused-ring (bicyclic) bond motifs is 1. The third kappa shape index (κ3) is 3.33. The van der Waals surface area contributed by atoms with Crippen LogP contribution in [0.5, 0.6) is 0 Å². The van der Waals surface area contributed by atoms with E-state index in [1.165, 1.54) is 4.90 Å². The predicted octanol–water partition coefficient (Wildman–Crippen LogP) is 0.886. The summed E-state index contributed by atoms with van der Waals surface area (Å²) in [7, 11) is 0. The van der Waals surface area contributed by atoms with Crippen LogP contribution in [0.2, 0.25) is 0 Å².